The molecule has 0 bridgehead atoms. The van der Waals surface area contributed by atoms with Crippen LogP contribution in [0.4, 0.5) is 5.69 Å². The van der Waals surface area contributed by atoms with Gasteiger partial charge in [0.15, 0.2) is 4.80 Å². The lowest BCUT2D eigenvalue weighted by atomic mass is 10.2. The van der Waals surface area contributed by atoms with Gasteiger partial charge in [-0.3, -0.25) is 4.98 Å². The fourth-order valence-electron chi connectivity index (χ4n) is 2.31. The smallest absolute Gasteiger partial charge is 0.190 e. The van der Waals surface area contributed by atoms with Crippen LogP contribution in [0.3, 0.4) is 0 Å². The second kappa shape index (κ2) is 7.24. The van der Waals surface area contributed by atoms with Crippen molar-refractivity contribution in [2.45, 2.75) is 19.9 Å². The summed E-state index contributed by atoms with van der Waals surface area (Å²) in [4.78, 5) is 10.1. The van der Waals surface area contributed by atoms with E-state index in [0.717, 1.165) is 34.9 Å². The van der Waals surface area contributed by atoms with Crippen molar-refractivity contribution in [3.8, 4) is 5.75 Å². The molecule has 0 saturated carbocycles. The zero-order valence-corrected chi connectivity index (χ0v) is 14.1. The number of ether oxygens (including phenoxy) is 1. The first-order valence-electron chi connectivity index (χ1n) is 7.50. The molecule has 2 aromatic heterocycles. The van der Waals surface area contributed by atoms with Gasteiger partial charge >= 0.3 is 0 Å². The number of thiazole rings is 1. The minimum absolute atomic E-state index is 0.842. The minimum atomic E-state index is 0.842. The van der Waals surface area contributed by atoms with E-state index in [-0.39, 0.29) is 0 Å². The second-order valence-electron chi connectivity index (χ2n) is 5.19. The van der Waals surface area contributed by atoms with Gasteiger partial charge in [0.2, 0.25) is 0 Å². The number of benzene rings is 1. The molecule has 0 aliphatic rings. The number of aryl methyl sites for hydroxylation is 2. The Morgan fingerprint density at radius 1 is 1.17 bits per heavy atom. The molecule has 23 heavy (non-hydrogen) atoms. The van der Waals surface area contributed by atoms with Crippen molar-refractivity contribution in [3.63, 3.8) is 0 Å². The Balaban J connectivity index is 1.84. The van der Waals surface area contributed by atoms with Gasteiger partial charge in [0.1, 0.15) is 5.75 Å². The summed E-state index contributed by atoms with van der Waals surface area (Å²) in [5, 5.41) is 2.14. The number of hydrogen-bond acceptors (Lipinski definition) is 4. The van der Waals surface area contributed by atoms with E-state index in [4.69, 9.17) is 9.73 Å². The Kier molecular flexibility index (Phi) is 4.88. The molecule has 118 valence electrons. The van der Waals surface area contributed by atoms with E-state index >= 15 is 0 Å². The standard InChI is InChI=1S/C18H19N3OS/c1-14-13-23-18(20-16-6-8-17(22-2)9-7-16)21(14)12-10-15-5-3-4-11-19-15/h3-9,11,13H,10,12H2,1-2H3. The molecule has 1 aromatic carbocycles. The van der Waals surface area contributed by atoms with E-state index in [9.17, 15) is 0 Å². The normalized spacial score (nSPS) is 11.7. The van der Waals surface area contributed by atoms with E-state index in [1.165, 1.54) is 5.69 Å². The average Bonchev–Trinajstić information content (AvgIpc) is 2.94. The summed E-state index contributed by atoms with van der Waals surface area (Å²) >= 11 is 1.66. The summed E-state index contributed by atoms with van der Waals surface area (Å²) in [5.41, 5.74) is 3.25. The van der Waals surface area contributed by atoms with E-state index in [0.29, 0.717) is 0 Å². The SMILES string of the molecule is COc1ccc(N=c2scc(C)n2CCc2ccccn2)cc1. The van der Waals surface area contributed by atoms with Crippen LogP contribution in [0, 0.1) is 6.92 Å². The summed E-state index contributed by atoms with van der Waals surface area (Å²) in [7, 11) is 1.67. The lowest BCUT2D eigenvalue weighted by Gasteiger charge is -2.06. The van der Waals surface area contributed by atoms with Crippen LogP contribution in [0.2, 0.25) is 0 Å². The molecule has 4 nitrogen and oxygen atoms in total. The monoisotopic (exact) mass is 325 g/mol. The summed E-state index contributed by atoms with van der Waals surface area (Å²) < 4.78 is 7.42. The highest BCUT2D eigenvalue weighted by molar-refractivity contribution is 7.07. The average molecular weight is 325 g/mol. The van der Waals surface area contributed by atoms with Crippen molar-refractivity contribution in [2.24, 2.45) is 4.99 Å². The van der Waals surface area contributed by atoms with Gasteiger partial charge in [-0.05, 0) is 43.3 Å². The van der Waals surface area contributed by atoms with Crippen molar-refractivity contribution in [2.75, 3.05) is 7.11 Å². The number of aromatic nitrogens is 2. The lowest BCUT2D eigenvalue weighted by Crippen LogP contribution is -2.17. The highest BCUT2D eigenvalue weighted by atomic mass is 32.1. The van der Waals surface area contributed by atoms with Gasteiger partial charge < -0.3 is 9.30 Å². The highest BCUT2D eigenvalue weighted by Crippen LogP contribution is 2.17. The Morgan fingerprint density at radius 2 is 2.00 bits per heavy atom. The molecule has 0 radical (unpaired) electrons. The predicted molar refractivity (Wildman–Crippen MR) is 93.2 cm³/mol. The van der Waals surface area contributed by atoms with Crippen LogP contribution in [0.5, 0.6) is 5.75 Å². The fraction of sp³-hybridized carbons (Fsp3) is 0.222. The topological polar surface area (TPSA) is 39.4 Å². The van der Waals surface area contributed by atoms with E-state index < -0.39 is 0 Å². The highest BCUT2D eigenvalue weighted by Gasteiger charge is 2.03. The molecular formula is C18H19N3OS. The molecule has 0 aliphatic heterocycles. The van der Waals surface area contributed by atoms with E-state index in [1.54, 1.807) is 18.4 Å². The van der Waals surface area contributed by atoms with Crippen LogP contribution in [-0.4, -0.2) is 16.7 Å². The largest absolute Gasteiger partial charge is 0.497 e. The molecule has 0 amide bonds. The number of rotatable bonds is 5. The van der Waals surface area contributed by atoms with Gasteiger partial charge in [-0.2, -0.15) is 0 Å². The molecule has 2 heterocycles. The first kappa shape index (κ1) is 15.5. The Bertz CT molecular complexity index is 819. The number of methoxy groups -OCH3 is 1. The number of hydrogen-bond donors (Lipinski definition) is 0. The molecule has 0 saturated heterocycles. The molecule has 0 spiro atoms. The third-order valence-electron chi connectivity index (χ3n) is 3.61. The Morgan fingerprint density at radius 3 is 2.70 bits per heavy atom. The van der Waals surface area contributed by atoms with Gasteiger partial charge in [-0.15, -0.1) is 11.3 Å². The molecular weight excluding hydrogens is 306 g/mol. The lowest BCUT2D eigenvalue weighted by molar-refractivity contribution is 0.415. The van der Waals surface area contributed by atoms with Crippen molar-refractivity contribution in [1.29, 1.82) is 0 Å². The van der Waals surface area contributed by atoms with Crippen LogP contribution < -0.4 is 9.54 Å². The quantitative estimate of drug-likeness (QED) is 0.717. The van der Waals surface area contributed by atoms with Gasteiger partial charge in [0.05, 0.1) is 12.8 Å². The molecule has 0 unspecified atom stereocenters. The van der Waals surface area contributed by atoms with Gasteiger partial charge in [-0.25, -0.2) is 4.99 Å². The molecule has 3 rings (SSSR count). The molecule has 0 atom stereocenters. The van der Waals surface area contributed by atoms with Crippen LogP contribution >= 0.6 is 11.3 Å². The molecule has 0 N–H and O–H groups in total. The maximum absolute atomic E-state index is 5.18. The van der Waals surface area contributed by atoms with Crippen LogP contribution in [-0.2, 0) is 13.0 Å². The fourth-order valence-corrected chi connectivity index (χ4v) is 3.24. The van der Waals surface area contributed by atoms with E-state index in [1.807, 2.05) is 42.6 Å². The molecule has 0 fully saturated rings. The van der Waals surface area contributed by atoms with Crippen molar-refractivity contribution >= 4 is 17.0 Å². The third-order valence-corrected chi connectivity index (χ3v) is 4.59. The number of nitrogens with zero attached hydrogens (tertiary/aromatic N) is 3. The zero-order valence-electron chi connectivity index (χ0n) is 13.3. The summed E-state index contributed by atoms with van der Waals surface area (Å²) in [6, 6.07) is 13.8. The second-order valence-corrected chi connectivity index (χ2v) is 6.03. The molecule has 0 aliphatic carbocycles. The zero-order chi connectivity index (χ0) is 16.1. The van der Waals surface area contributed by atoms with Crippen molar-refractivity contribution in [1.82, 2.24) is 9.55 Å². The van der Waals surface area contributed by atoms with Gasteiger partial charge in [-0.1, -0.05) is 6.07 Å². The van der Waals surface area contributed by atoms with Gasteiger partial charge in [0, 0.05) is 35.9 Å². The first-order chi connectivity index (χ1) is 11.3. The van der Waals surface area contributed by atoms with E-state index in [2.05, 4.69) is 27.9 Å². The summed E-state index contributed by atoms with van der Waals surface area (Å²) in [6.45, 7) is 2.99. The van der Waals surface area contributed by atoms with Crippen molar-refractivity contribution < 1.29 is 4.74 Å². The van der Waals surface area contributed by atoms with Crippen LogP contribution in [0.1, 0.15) is 11.4 Å². The van der Waals surface area contributed by atoms with Crippen LogP contribution in [0.25, 0.3) is 0 Å². The Labute approximate surface area is 139 Å². The summed E-state index contributed by atoms with van der Waals surface area (Å²) in [5.74, 6) is 0.842. The maximum atomic E-state index is 5.18. The van der Waals surface area contributed by atoms with Crippen molar-refractivity contribution in [3.05, 3.63) is 70.2 Å². The van der Waals surface area contributed by atoms with Crippen LogP contribution in [0.15, 0.2) is 59.0 Å². The molecule has 5 heteroatoms. The molecule has 3 aromatic rings. The third kappa shape index (κ3) is 3.87. The predicted octanol–water partition coefficient (Wildman–Crippen LogP) is 3.74. The van der Waals surface area contributed by atoms with Gasteiger partial charge in [0.25, 0.3) is 0 Å². The first-order valence-corrected chi connectivity index (χ1v) is 8.38. The Hall–Kier alpha value is -2.40. The number of pyridine rings is 1. The minimum Gasteiger partial charge on any atom is -0.497 e. The summed E-state index contributed by atoms with van der Waals surface area (Å²) in [6.07, 6.45) is 2.73. The maximum Gasteiger partial charge on any atom is 0.190 e.